The number of hydrogen-bond donors (Lipinski definition) is 2. The molecule has 1 unspecified atom stereocenters. The van der Waals surface area contributed by atoms with Gasteiger partial charge in [0.25, 0.3) is 5.91 Å². The van der Waals surface area contributed by atoms with E-state index in [1.165, 1.54) is 0 Å². The Labute approximate surface area is 104 Å². The van der Waals surface area contributed by atoms with Crippen LogP contribution >= 0.6 is 15.9 Å². The number of amides is 1. The highest BCUT2D eigenvalue weighted by Crippen LogP contribution is 2.10. The number of benzene rings is 1. The van der Waals surface area contributed by atoms with Crippen LogP contribution in [0.15, 0.2) is 28.7 Å². The fourth-order valence-corrected chi connectivity index (χ4v) is 1.52. The summed E-state index contributed by atoms with van der Waals surface area (Å²) in [7, 11) is 0. The summed E-state index contributed by atoms with van der Waals surface area (Å²) in [5.74, 6) is -0.101. The zero-order chi connectivity index (χ0) is 12.0. The molecule has 0 bridgehead atoms. The van der Waals surface area contributed by atoms with Gasteiger partial charge in [-0.3, -0.25) is 4.79 Å². The molecular formula is C12H16BrNO2. The zero-order valence-electron chi connectivity index (χ0n) is 9.24. The molecule has 0 radical (unpaired) electrons. The molecule has 0 aromatic heterocycles. The highest BCUT2D eigenvalue weighted by Gasteiger charge is 2.05. The third-order valence-corrected chi connectivity index (χ3v) is 2.87. The summed E-state index contributed by atoms with van der Waals surface area (Å²) >= 11 is 3.31. The number of hydrogen-bond acceptors (Lipinski definition) is 2. The van der Waals surface area contributed by atoms with E-state index in [-0.39, 0.29) is 12.0 Å². The van der Waals surface area contributed by atoms with Gasteiger partial charge in [-0.2, -0.15) is 0 Å². The molecule has 0 fully saturated rings. The normalized spacial score (nSPS) is 12.2. The lowest BCUT2D eigenvalue weighted by molar-refractivity contribution is 0.0942. The number of aliphatic hydroxyl groups excluding tert-OH is 1. The van der Waals surface area contributed by atoms with E-state index < -0.39 is 0 Å². The monoisotopic (exact) mass is 285 g/mol. The quantitative estimate of drug-likeness (QED) is 0.873. The minimum atomic E-state index is -0.329. The zero-order valence-corrected chi connectivity index (χ0v) is 10.8. The van der Waals surface area contributed by atoms with Crippen LogP contribution in [0.4, 0.5) is 0 Å². The van der Waals surface area contributed by atoms with E-state index in [0.717, 1.165) is 4.47 Å². The van der Waals surface area contributed by atoms with Crippen molar-refractivity contribution in [3.05, 3.63) is 34.3 Å². The van der Waals surface area contributed by atoms with Gasteiger partial charge in [0.2, 0.25) is 0 Å². The molecule has 2 N–H and O–H groups in total. The molecule has 1 rings (SSSR count). The Morgan fingerprint density at radius 2 is 2.06 bits per heavy atom. The molecule has 0 aliphatic carbocycles. The molecule has 0 heterocycles. The van der Waals surface area contributed by atoms with Gasteiger partial charge in [0.1, 0.15) is 0 Å². The van der Waals surface area contributed by atoms with E-state index in [9.17, 15) is 9.90 Å². The fourth-order valence-electron chi connectivity index (χ4n) is 1.26. The number of carbonyl (C=O) groups is 1. The van der Waals surface area contributed by atoms with Crippen molar-refractivity contribution in [1.29, 1.82) is 0 Å². The number of rotatable bonds is 5. The second-order valence-electron chi connectivity index (χ2n) is 3.61. The van der Waals surface area contributed by atoms with E-state index >= 15 is 0 Å². The lowest BCUT2D eigenvalue weighted by Gasteiger charge is -2.08. The molecule has 1 aromatic carbocycles. The van der Waals surface area contributed by atoms with Crippen molar-refractivity contribution in [3.63, 3.8) is 0 Å². The molecular weight excluding hydrogens is 270 g/mol. The molecule has 0 spiro atoms. The van der Waals surface area contributed by atoms with Gasteiger partial charge in [0.15, 0.2) is 0 Å². The Kier molecular flexibility index (Phi) is 5.49. The Balaban J connectivity index is 2.38. The number of nitrogens with one attached hydrogen (secondary N) is 1. The number of halogens is 1. The maximum Gasteiger partial charge on any atom is 0.251 e. The van der Waals surface area contributed by atoms with Gasteiger partial charge >= 0.3 is 0 Å². The maximum absolute atomic E-state index is 11.6. The average Bonchev–Trinajstić information content (AvgIpc) is 2.29. The first-order chi connectivity index (χ1) is 7.63. The average molecular weight is 286 g/mol. The summed E-state index contributed by atoms with van der Waals surface area (Å²) in [6.07, 6.45) is 0.984. The molecule has 0 aliphatic heterocycles. The molecule has 0 saturated heterocycles. The molecule has 4 heteroatoms. The van der Waals surface area contributed by atoms with Gasteiger partial charge in [-0.25, -0.2) is 0 Å². The number of carbonyl (C=O) groups excluding carboxylic acids is 1. The van der Waals surface area contributed by atoms with Crippen LogP contribution in [0.2, 0.25) is 0 Å². The second kappa shape index (κ2) is 6.66. The lowest BCUT2D eigenvalue weighted by atomic mass is 10.2. The standard InChI is InChI=1S/C12H16BrNO2/c1-2-11(15)7-8-14-12(16)9-3-5-10(13)6-4-9/h3-6,11,15H,2,7-8H2,1H3,(H,14,16). The minimum absolute atomic E-state index is 0.101. The van der Waals surface area contributed by atoms with Crippen molar-refractivity contribution in [1.82, 2.24) is 5.32 Å². The predicted molar refractivity (Wildman–Crippen MR) is 67.4 cm³/mol. The lowest BCUT2D eigenvalue weighted by Crippen LogP contribution is -2.26. The largest absolute Gasteiger partial charge is 0.393 e. The first kappa shape index (κ1) is 13.2. The predicted octanol–water partition coefficient (Wildman–Crippen LogP) is 2.34. The molecule has 0 saturated carbocycles. The summed E-state index contributed by atoms with van der Waals surface area (Å²) in [5.41, 5.74) is 0.634. The molecule has 3 nitrogen and oxygen atoms in total. The van der Waals surface area contributed by atoms with Gasteiger partial charge in [0.05, 0.1) is 6.10 Å². The van der Waals surface area contributed by atoms with Crippen molar-refractivity contribution >= 4 is 21.8 Å². The number of aliphatic hydroxyl groups is 1. The van der Waals surface area contributed by atoms with Gasteiger partial charge in [-0.15, -0.1) is 0 Å². The van der Waals surface area contributed by atoms with Crippen LogP contribution in [-0.2, 0) is 0 Å². The molecule has 16 heavy (non-hydrogen) atoms. The van der Waals surface area contributed by atoms with Gasteiger partial charge in [-0.05, 0) is 37.1 Å². The van der Waals surface area contributed by atoms with Crippen molar-refractivity contribution < 1.29 is 9.90 Å². The maximum atomic E-state index is 11.6. The molecule has 1 aromatic rings. The Bertz CT molecular complexity index is 337. The first-order valence-corrected chi connectivity index (χ1v) is 6.14. The van der Waals surface area contributed by atoms with Crippen molar-refractivity contribution in [3.8, 4) is 0 Å². The third-order valence-electron chi connectivity index (χ3n) is 2.34. The van der Waals surface area contributed by atoms with Gasteiger partial charge in [-0.1, -0.05) is 22.9 Å². The highest BCUT2D eigenvalue weighted by atomic mass is 79.9. The van der Waals surface area contributed by atoms with Crippen LogP contribution in [0.25, 0.3) is 0 Å². The molecule has 0 aliphatic rings. The van der Waals surface area contributed by atoms with Crippen LogP contribution in [-0.4, -0.2) is 23.7 Å². The summed E-state index contributed by atoms with van der Waals surface area (Å²) in [6, 6.07) is 7.18. The summed E-state index contributed by atoms with van der Waals surface area (Å²) in [4.78, 5) is 11.6. The Morgan fingerprint density at radius 3 is 2.62 bits per heavy atom. The van der Waals surface area contributed by atoms with Crippen LogP contribution in [0, 0.1) is 0 Å². The highest BCUT2D eigenvalue weighted by molar-refractivity contribution is 9.10. The minimum Gasteiger partial charge on any atom is -0.393 e. The van der Waals surface area contributed by atoms with E-state index in [1.54, 1.807) is 12.1 Å². The van der Waals surface area contributed by atoms with E-state index in [1.807, 2.05) is 19.1 Å². The summed E-state index contributed by atoms with van der Waals surface area (Å²) in [5, 5.41) is 12.1. The first-order valence-electron chi connectivity index (χ1n) is 5.35. The topological polar surface area (TPSA) is 49.3 Å². The third kappa shape index (κ3) is 4.33. The van der Waals surface area contributed by atoms with Crippen molar-refractivity contribution in [2.45, 2.75) is 25.9 Å². The van der Waals surface area contributed by atoms with Crippen molar-refractivity contribution in [2.75, 3.05) is 6.54 Å². The molecule has 88 valence electrons. The van der Waals surface area contributed by atoms with Gasteiger partial charge < -0.3 is 10.4 Å². The summed E-state index contributed by atoms with van der Waals surface area (Å²) in [6.45, 7) is 2.42. The summed E-state index contributed by atoms with van der Waals surface area (Å²) < 4.78 is 0.949. The Hall–Kier alpha value is -0.870. The smallest absolute Gasteiger partial charge is 0.251 e. The van der Waals surface area contributed by atoms with Crippen LogP contribution in [0.5, 0.6) is 0 Å². The fraction of sp³-hybridized carbons (Fsp3) is 0.417. The SMILES string of the molecule is CCC(O)CCNC(=O)c1ccc(Br)cc1. The Morgan fingerprint density at radius 1 is 1.44 bits per heavy atom. The van der Waals surface area contributed by atoms with E-state index in [2.05, 4.69) is 21.2 Å². The van der Waals surface area contributed by atoms with E-state index in [0.29, 0.717) is 24.9 Å². The molecule has 1 amide bonds. The second-order valence-corrected chi connectivity index (χ2v) is 4.53. The van der Waals surface area contributed by atoms with Crippen LogP contribution in [0.1, 0.15) is 30.1 Å². The van der Waals surface area contributed by atoms with Crippen LogP contribution in [0.3, 0.4) is 0 Å². The van der Waals surface area contributed by atoms with Crippen molar-refractivity contribution in [2.24, 2.45) is 0 Å². The van der Waals surface area contributed by atoms with Gasteiger partial charge in [0, 0.05) is 16.6 Å². The molecule has 1 atom stereocenters. The van der Waals surface area contributed by atoms with Crippen LogP contribution < -0.4 is 5.32 Å². The van der Waals surface area contributed by atoms with E-state index in [4.69, 9.17) is 0 Å².